The third-order valence-electron chi connectivity index (χ3n) is 3.93. The number of carbonyl (C=O) groups is 2. The van der Waals surface area contributed by atoms with E-state index in [1.807, 2.05) is 0 Å². The van der Waals surface area contributed by atoms with Gasteiger partial charge < -0.3 is 31.2 Å². The molecule has 1 fully saturated rings. The van der Waals surface area contributed by atoms with Crippen LogP contribution in [0, 0.1) is 0 Å². The molecule has 0 bridgehead atoms. The van der Waals surface area contributed by atoms with Crippen LogP contribution >= 0.6 is 0 Å². The Labute approximate surface area is 143 Å². The van der Waals surface area contributed by atoms with Crippen LogP contribution in [0.1, 0.15) is 48.0 Å². The Bertz CT molecular complexity index is 594. The lowest BCUT2D eigenvalue weighted by atomic mass is 10.0. The number of rotatable bonds is 9. The van der Waals surface area contributed by atoms with Crippen molar-refractivity contribution in [1.29, 1.82) is 0 Å². The Kier molecular flexibility index (Phi) is 6.82. The highest BCUT2D eigenvalue weighted by atomic mass is 16.6. The summed E-state index contributed by atoms with van der Waals surface area (Å²) in [4.78, 5) is 23.0. The molecule has 0 saturated carbocycles. The number of aliphatic hydroxyl groups is 2. The van der Waals surface area contributed by atoms with Crippen LogP contribution in [0.15, 0.2) is 0 Å². The summed E-state index contributed by atoms with van der Waals surface area (Å²) in [5.74, 6) is -1.27. The molecule has 1 aliphatic rings. The van der Waals surface area contributed by atoms with Gasteiger partial charge in [0.05, 0.1) is 0 Å². The molecule has 140 valence electrons. The average Bonchev–Trinajstić information content (AvgIpc) is 3.16. The van der Waals surface area contributed by atoms with Crippen LogP contribution < -0.4 is 11.5 Å². The van der Waals surface area contributed by atoms with E-state index in [0.29, 0.717) is 13.0 Å². The minimum absolute atomic E-state index is 0.00494. The van der Waals surface area contributed by atoms with Crippen molar-refractivity contribution in [2.75, 3.05) is 13.2 Å². The number of hydrogen-bond acceptors (Lipinski definition) is 9. The quantitative estimate of drug-likeness (QED) is 0.249. The second-order valence-electron chi connectivity index (χ2n) is 5.78. The molecular weight excluding hydrogens is 334 g/mol. The van der Waals surface area contributed by atoms with Crippen molar-refractivity contribution in [3.63, 3.8) is 0 Å². The summed E-state index contributed by atoms with van der Waals surface area (Å²) >= 11 is 0. The zero-order valence-electron chi connectivity index (χ0n) is 13.6. The molecule has 11 heteroatoms. The summed E-state index contributed by atoms with van der Waals surface area (Å²) in [6.45, 7) is 0.347. The van der Waals surface area contributed by atoms with E-state index in [-0.39, 0.29) is 24.4 Å². The van der Waals surface area contributed by atoms with E-state index in [2.05, 4.69) is 15.4 Å². The monoisotopic (exact) mass is 357 g/mol. The summed E-state index contributed by atoms with van der Waals surface area (Å²) in [5.41, 5.74) is 10.4. The number of aromatic amines is 1. The van der Waals surface area contributed by atoms with E-state index in [1.165, 1.54) is 0 Å². The van der Waals surface area contributed by atoms with E-state index in [0.717, 1.165) is 12.8 Å². The molecule has 0 unspecified atom stereocenters. The van der Waals surface area contributed by atoms with Gasteiger partial charge in [-0.3, -0.25) is 9.59 Å². The fourth-order valence-electron chi connectivity index (χ4n) is 2.57. The molecule has 0 aromatic carbocycles. The Balaban J connectivity index is 1.88. The van der Waals surface area contributed by atoms with Gasteiger partial charge in [0.2, 0.25) is 0 Å². The van der Waals surface area contributed by atoms with E-state index in [4.69, 9.17) is 20.9 Å². The first kappa shape index (κ1) is 19.2. The summed E-state index contributed by atoms with van der Waals surface area (Å²) in [6, 6.07) is 0. The van der Waals surface area contributed by atoms with Crippen LogP contribution in [0.25, 0.3) is 0 Å². The molecular formula is C14H23N5O6. The lowest BCUT2D eigenvalue weighted by Crippen LogP contribution is -2.34. The number of H-pyrrole nitrogens is 1. The number of esters is 1. The van der Waals surface area contributed by atoms with Gasteiger partial charge >= 0.3 is 5.97 Å². The highest BCUT2D eigenvalue weighted by molar-refractivity contribution is 5.91. The number of hydrogen-bond donors (Lipinski definition) is 5. The molecule has 1 aromatic heterocycles. The topological polar surface area (TPSA) is 187 Å². The molecule has 0 radical (unpaired) electrons. The van der Waals surface area contributed by atoms with Gasteiger partial charge in [-0.25, -0.2) is 0 Å². The number of nitrogens with one attached hydrogen (secondary N) is 1. The fraction of sp³-hybridized carbons (Fsp3) is 0.714. The Morgan fingerprint density at radius 1 is 1.20 bits per heavy atom. The van der Waals surface area contributed by atoms with Crippen LogP contribution in [-0.2, 0) is 14.3 Å². The largest absolute Gasteiger partial charge is 0.463 e. The molecule has 0 aliphatic carbocycles. The summed E-state index contributed by atoms with van der Waals surface area (Å²) in [7, 11) is 0. The van der Waals surface area contributed by atoms with Crippen molar-refractivity contribution < 1.29 is 29.3 Å². The predicted octanol–water partition coefficient (Wildman–Crippen LogP) is -1.87. The average molecular weight is 357 g/mol. The van der Waals surface area contributed by atoms with Crippen molar-refractivity contribution >= 4 is 11.9 Å². The molecule has 7 N–H and O–H groups in total. The second kappa shape index (κ2) is 8.85. The molecule has 25 heavy (non-hydrogen) atoms. The number of ether oxygens (including phenoxy) is 2. The Morgan fingerprint density at radius 3 is 2.64 bits per heavy atom. The van der Waals surface area contributed by atoms with Crippen molar-refractivity contribution in [1.82, 2.24) is 15.4 Å². The maximum Gasteiger partial charge on any atom is 0.305 e. The number of aromatic nitrogens is 3. The third kappa shape index (κ3) is 4.72. The lowest BCUT2D eigenvalue weighted by Gasteiger charge is -2.14. The van der Waals surface area contributed by atoms with Crippen molar-refractivity contribution in [2.24, 2.45) is 11.5 Å². The second-order valence-corrected chi connectivity index (χ2v) is 5.78. The van der Waals surface area contributed by atoms with Crippen LogP contribution in [0.2, 0.25) is 0 Å². The molecule has 4 atom stereocenters. The van der Waals surface area contributed by atoms with Crippen LogP contribution in [-0.4, -0.2) is 69.0 Å². The standard InChI is InChI=1S/C14H23N5O6/c15-5-3-1-2-4-8(20)24-6-7-11(21)12(22)13(25-7)9-10(14(16)23)18-19-17-9/h7,11-13,21-22H,1-6,15H2,(H2,16,23)(H,17,18,19)/t7-,11-,12-,13+/m1/s1. The number of nitrogens with two attached hydrogens (primary N) is 2. The summed E-state index contributed by atoms with van der Waals surface area (Å²) < 4.78 is 10.6. The molecule has 11 nitrogen and oxygen atoms in total. The number of unbranched alkanes of at least 4 members (excludes halogenated alkanes) is 2. The highest BCUT2D eigenvalue weighted by Gasteiger charge is 2.46. The third-order valence-corrected chi connectivity index (χ3v) is 3.93. The molecule has 1 amide bonds. The first-order valence-electron chi connectivity index (χ1n) is 8.03. The van der Waals surface area contributed by atoms with E-state index in [1.54, 1.807) is 0 Å². The molecule has 1 aliphatic heterocycles. The Hall–Kier alpha value is -2.08. The SMILES string of the molecule is NCCCCCC(=O)OC[C@H]1O[C@@H](c2n[nH]nc2C(N)=O)[C@H](O)[C@@H]1O. The predicted molar refractivity (Wildman–Crippen MR) is 83.0 cm³/mol. The van der Waals surface area contributed by atoms with Crippen LogP contribution in [0.4, 0.5) is 0 Å². The normalized spacial score (nSPS) is 25.9. The van der Waals surface area contributed by atoms with Gasteiger partial charge in [-0.2, -0.15) is 15.4 Å². The highest BCUT2D eigenvalue weighted by Crippen LogP contribution is 2.33. The molecule has 2 rings (SSSR count). The summed E-state index contributed by atoms with van der Waals surface area (Å²) in [5, 5.41) is 29.7. The zero-order chi connectivity index (χ0) is 18.4. The van der Waals surface area contributed by atoms with Gasteiger partial charge in [0.25, 0.3) is 5.91 Å². The van der Waals surface area contributed by atoms with Crippen molar-refractivity contribution in [2.45, 2.75) is 50.1 Å². The molecule has 1 saturated heterocycles. The van der Waals surface area contributed by atoms with E-state index in [9.17, 15) is 19.8 Å². The van der Waals surface area contributed by atoms with Crippen LogP contribution in [0.3, 0.4) is 0 Å². The molecule has 2 heterocycles. The van der Waals surface area contributed by atoms with Gasteiger partial charge in [0.15, 0.2) is 5.69 Å². The lowest BCUT2D eigenvalue weighted by molar-refractivity contribution is -0.149. The van der Waals surface area contributed by atoms with Crippen molar-refractivity contribution in [3.05, 3.63) is 11.4 Å². The van der Waals surface area contributed by atoms with Crippen molar-refractivity contribution in [3.8, 4) is 0 Å². The first-order valence-corrected chi connectivity index (χ1v) is 8.03. The minimum Gasteiger partial charge on any atom is -0.463 e. The number of aliphatic hydroxyl groups excluding tert-OH is 2. The Morgan fingerprint density at radius 2 is 1.96 bits per heavy atom. The molecule has 0 spiro atoms. The van der Waals surface area contributed by atoms with Crippen LogP contribution in [0.5, 0.6) is 0 Å². The number of nitrogens with zero attached hydrogens (tertiary/aromatic N) is 2. The minimum atomic E-state index is -1.36. The summed E-state index contributed by atoms with van der Waals surface area (Å²) in [6.07, 6.45) is -2.17. The smallest absolute Gasteiger partial charge is 0.305 e. The zero-order valence-corrected chi connectivity index (χ0v) is 13.6. The number of carbonyl (C=O) groups excluding carboxylic acids is 2. The fourth-order valence-corrected chi connectivity index (χ4v) is 2.57. The van der Waals surface area contributed by atoms with Gasteiger partial charge in [-0.05, 0) is 19.4 Å². The van der Waals surface area contributed by atoms with Gasteiger partial charge in [0, 0.05) is 6.42 Å². The maximum atomic E-state index is 11.7. The van der Waals surface area contributed by atoms with E-state index < -0.39 is 36.3 Å². The first-order chi connectivity index (χ1) is 12.0. The van der Waals surface area contributed by atoms with Gasteiger partial charge in [-0.15, -0.1) is 0 Å². The number of amides is 1. The maximum absolute atomic E-state index is 11.7. The van der Waals surface area contributed by atoms with E-state index >= 15 is 0 Å². The molecule has 1 aromatic rings. The van der Waals surface area contributed by atoms with Gasteiger partial charge in [0.1, 0.15) is 36.7 Å². The van der Waals surface area contributed by atoms with Gasteiger partial charge in [-0.1, -0.05) is 6.42 Å². The number of primary amides is 1.